The highest BCUT2D eigenvalue weighted by molar-refractivity contribution is 5.89. The molecule has 0 aliphatic carbocycles. The zero-order chi connectivity index (χ0) is 20.6. The van der Waals surface area contributed by atoms with Crippen molar-refractivity contribution in [2.24, 2.45) is 5.41 Å². The Hall–Kier alpha value is -2.49. The van der Waals surface area contributed by atoms with Gasteiger partial charge in [0.25, 0.3) is 0 Å². The highest BCUT2D eigenvalue weighted by Gasteiger charge is 2.40. The maximum absolute atomic E-state index is 11.6. The third-order valence-electron chi connectivity index (χ3n) is 7.16. The lowest BCUT2D eigenvalue weighted by molar-refractivity contribution is -0.134. The average Bonchev–Trinajstić information content (AvgIpc) is 3.07. The SMILES string of the molecule is CCC12C=C(C)n3c(c(c4ccccc43)CCN(/C=C/C(=O)OC)CCC1)C2C. The number of hydrogen-bond acceptors (Lipinski definition) is 3. The smallest absolute Gasteiger partial charge is 0.331 e. The van der Waals surface area contributed by atoms with Gasteiger partial charge in [-0.05, 0) is 49.7 Å². The van der Waals surface area contributed by atoms with E-state index >= 15 is 0 Å². The molecule has 2 aliphatic heterocycles. The minimum absolute atomic E-state index is 0.193. The van der Waals surface area contributed by atoms with Crippen LogP contribution in [0.3, 0.4) is 0 Å². The number of allylic oxidation sites excluding steroid dienone is 2. The van der Waals surface area contributed by atoms with Gasteiger partial charge in [0.2, 0.25) is 0 Å². The first kappa shape index (κ1) is 19.8. The second-order valence-electron chi connectivity index (χ2n) is 8.54. The van der Waals surface area contributed by atoms with Crippen LogP contribution in [0.1, 0.15) is 57.2 Å². The van der Waals surface area contributed by atoms with Crippen molar-refractivity contribution < 1.29 is 9.53 Å². The fourth-order valence-corrected chi connectivity index (χ4v) is 5.54. The van der Waals surface area contributed by atoms with Gasteiger partial charge in [-0.1, -0.05) is 38.1 Å². The standard InChI is InChI=1S/C25H32N2O2/c1-5-25-13-8-14-26(16-12-23(28)29-4)15-11-21-20-9-6-7-10-22(20)27(18(2)17-25)24(21)19(25)3/h6-7,9-10,12,16-17,19H,5,8,11,13-15H2,1-4H3/b16-12+. The van der Waals surface area contributed by atoms with E-state index < -0.39 is 0 Å². The Labute approximate surface area is 173 Å². The van der Waals surface area contributed by atoms with E-state index in [0.29, 0.717) is 5.92 Å². The maximum Gasteiger partial charge on any atom is 0.331 e. The number of esters is 1. The molecule has 3 heterocycles. The molecule has 0 saturated heterocycles. The molecule has 4 rings (SSSR count). The first-order chi connectivity index (χ1) is 14.0. The summed E-state index contributed by atoms with van der Waals surface area (Å²) in [7, 11) is 1.42. The first-order valence-electron chi connectivity index (χ1n) is 10.8. The number of aromatic nitrogens is 1. The molecule has 2 atom stereocenters. The molecule has 154 valence electrons. The van der Waals surface area contributed by atoms with Crippen molar-refractivity contribution in [3.63, 3.8) is 0 Å². The van der Waals surface area contributed by atoms with E-state index in [1.54, 1.807) is 6.08 Å². The number of carbonyl (C=O) groups excluding carboxylic acids is 1. The number of ether oxygens (including phenoxy) is 1. The van der Waals surface area contributed by atoms with E-state index in [-0.39, 0.29) is 11.4 Å². The molecule has 2 aliphatic rings. The minimum atomic E-state index is -0.296. The van der Waals surface area contributed by atoms with Crippen LogP contribution in [-0.2, 0) is 16.0 Å². The monoisotopic (exact) mass is 392 g/mol. The molecular weight excluding hydrogens is 360 g/mol. The molecule has 0 spiro atoms. The summed E-state index contributed by atoms with van der Waals surface area (Å²) in [6.45, 7) is 8.90. The fraction of sp³-hybridized carbons (Fsp3) is 0.480. The molecule has 4 nitrogen and oxygen atoms in total. The number of methoxy groups -OCH3 is 1. The summed E-state index contributed by atoms with van der Waals surface area (Å²) in [6.07, 6.45) is 10.4. The van der Waals surface area contributed by atoms with Gasteiger partial charge in [0.05, 0.1) is 12.6 Å². The Morgan fingerprint density at radius 1 is 1.31 bits per heavy atom. The summed E-state index contributed by atoms with van der Waals surface area (Å²) in [5.41, 5.74) is 5.84. The lowest BCUT2D eigenvalue weighted by atomic mass is 9.67. The molecule has 1 aromatic heterocycles. The molecule has 2 unspecified atom stereocenters. The average molecular weight is 393 g/mol. The van der Waals surface area contributed by atoms with Crippen molar-refractivity contribution in [3.05, 3.63) is 53.9 Å². The van der Waals surface area contributed by atoms with E-state index in [1.165, 1.54) is 35.0 Å². The van der Waals surface area contributed by atoms with Crippen LogP contribution < -0.4 is 0 Å². The molecule has 0 saturated carbocycles. The third kappa shape index (κ3) is 3.29. The highest BCUT2D eigenvalue weighted by atomic mass is 16.5. The predicted molar refractivity (Wildman–Crippen MR) is 119 cm³/mol. The zero-order valence-corrected chi connectivity index (χ0v) is 18.1. The molecular formula is C25H32N2O2. The Morgan fingerprint density at radius 2 is 2.10 bits per heavy atom. The van der Waals surface area contributed by atoms with Gasteiger partial charge in [0.15, 0.2) is 0 Å². The van der Waals surface area contributed by atoms with Crippen LogP contribution in [0, 0.1) is 5.41 Å². The lowest BCUT2D eigenvalue weighted by Crippen LogP contribution is -2.34. The number of carbonyl (C=O) groups is 1. The fourth-order valence-electron chi connectivity index (χ4n) is 5.54. The summed E-state index contributed by atoms with van der Waals surface area (Å²) < 4.78 is 7.28. The lowest BCUT2D eigenvalue weighted by Gasteiger charge is -2.42. The van der Waals surface area contributed by atoms with Gasteiger partial charge < -0.3 is 14.2 Å². The highest BCUT2D eigenvalue weighted by Crippen LogP contribution is 2.52. The third-order valence-corrected chi connectivity index (χ3v) is 7.16. The van der Waals surface area contributed by atoms with Crippen molar-refractivity contribution in [1.82, 2.24) is 9.47 Å². The van der Waals surface area contributed by atoms with Crippen molar-refractivity contribution in [3.8, 4) is 0 Å². The van der Waals surface area contributed by atoms with Crippen LogP contribution in [0.4, 0.5) is 0 Å². The molecule has 2 aromatic rings. The van der Waals surface area contributed by atoms with Crippen LogP contribution in [0.25, 0.3) is 16.6 Å². The predicted octanol–water partition coefficient (Wildman–Crippen LogP) is 5.34. The number of hydrogen-bond donors (Lipinski definition) is 0. The Morgan fingerprint density at radius 3 is 2.86 bits per heavy atom. The van der Waals surface area contributed by atoms with Gasteiger partial charge in [-0.25, -0.2) is 4.79 Å². The van der Waals surface area contributed by atoms with E-state index in [0.717, 1.165) is 38.8 Å². The first-order valence-corrected chi connectivity index (χ1v) is 10.8. The van der Waals surface area contributed by atoms with Crippen LogP contribution in [-0.4, -0.2) is 35.6 Å². The molecule has 1 aromatic carbocycles. The number of nitrogens with zero attached hydrogens (tertiary/aromatic N) is 2. The largest absolute Gasteiger partial charge is 0.466 e. The summed E-state index contributed by atoms with van der Waals surface area (Å²) >= 11 is 0. The Kier molecular flexibility index (Phi) is 5.28. The molecule has 29 heavy (non-hydrogen) atoms. The van der Waals surface area contributed by atoms with E-state index in [9.17, 15) is 4.79 Å². The summed E-state index contributed by atoms with van der Waals surface area (Å²) in [4.78, 5) is 13.9. The number of para-hydroxylation sites is 1. The van der Waals surface area contributed by atoms with Gasteiger partial charge in [-0.3, -0.25) is 0 Å². The Balaban J connectivity index is 1.84. The number of fused-ring (bicyclic) bond motifs is 4. The van der Waals surface area contributed by atoms with Crippen LogP contribution >= 0.6 is 0 Å². The van der Waals surface area contributed by atoms with Crippen molar-refractivity contribution in [2.45, 2.75) is 52.4 Å². The number of rotatable bonds is 3. The van der Waals surface area contributed by atoms with E-state index in [1.807, 2.05) is 6.20 Å². The second kappa shape index (κ2) is 7.74. The van der Waals surface area contributed by atoms with E-state index in [4.69, 9.17) is 4.74 Å². The van der Waals surface area contributed by atoms with Gasteiger partial charge in [-0.15, -0.1) is 0 Å². The summed E-state index contributed by atoms with van der Waals surface area (Å²) in [6, 6.07) is 8.81. The quantitative estimate of drug-likeness (QED) is 0.522. The van der Waals surface area contributed by atoms with Crippen molar-refractivity contribution in [2.75, 3.05) is 20.2 Å². The molecule has 0 fully saturated rings. The Bertz CT molecular complexity index is 984. The number of benzene rings is 1. The van der Waals surface area contributed by atoms with Crippen LogP contribution in [0.2, 0.25) is 0 Å². The molecule has 0 radical (unpaired) electrons. The maximum atomic E-state index is 11.6. The minimum Gasteiger partial charge on any atom is -0.466 e. The normalized spacial score (nSPS) is 24.6. The molecule has 0 amide bonds. The van der Waals surface area contributed by atoms with Crippen LogP contribution in [0.5, 0.6) is 0 Å². The molecule has 2 bridgehead atoms. The van der Waals surface area contributed by atoms with Gasteiger partial charge >= 0.3 is 5.97 Å². The van der Waals surface area contributed by atoms with Gasteiger partial charge in [0, 0.05) is 48.1 Å². The molecule has 4 heteroatoms. The second-order valence-corrected chi connectivity index (χ2v) is 8.54. The topological polar surface area (TPSA) is 34.5 Å². The van der Waals surface area contributed by atoms with Crippen LogP contribution in [0.15, 0.2) is 42.6 Å². The summed E-state index contributed by atoms with van der Waals surface area (Å²) in [5, 5.41) is 1.37. The van der Waals surface area contributed by atoms with Crippen molar-refractivity contribution in [1.29, 1.82) is 0 Å². The van der Waals surface area contributed by atoms with Gasteiger partial charge in [0.1, 0.15) is 0 Å². The summed E-state index contributed by atoms with van der Waals surface area (Å²) in [5.74, 6) is 0.200. The zero-order valence-electron chi connectivity index (χ0n) is 18.1. The van der Waals surface area contributed by atoms with Gasteiger partial charge in [-0.2, -0.15) is 0 Å². The van der Waals surface area contributed by atoms with Crippen molar-refractivity contribution >= 4 is 22.6 Å². The van der Waals surface area contributed by atoms with E-state index in [2.05, 4.69) is 60.6 Å². The molecule has 0 N–H and O–H groups in total.